The average Bonchev–Trinajstić information content (AvgIpc) is 3.09. The van der Waals surface area contributed by atoms with E-state index in [-0.39, 0.29) is 27.1 Å². The molecule has 2 aromatic carbocycles. The monoisotopic (exact) mass is 475 g/mol. The number of halogens is 2. The predicted octanol–water partition coefficient (Wildman–Crippen LogP) is 3.37. The Labute approximate surface area is 195 Å². The molecule has 1 aliphatic rings. The Morgan fingerprint density at radius 3 is 2.50 bits per heavy atom. The van der Waals surface area contributed by atoms with E-state index < -0.39 is 11.5 Å². The van der Waals surface area contributed by atoms with Crippen molar-refractivity contribution in [2.75, 3.05) is 37.4 Å². The zero-order valence-electron chi connectivity index (χ0n) is 17.2. The van der Waals surface area contributed by atoms with Gasteiger partial charge in [-0.3, -0.25) is 14.2 Å². The third-order valence-electron chi connectivity index (χ3n) is 4.50. The number of rotatable bonds is 3. The third-order valence-corrected chi connectivity index (χ3v) is 5.11. The number of aromatic nitrogens is 2. The van der Waals surface area contributed by atoms with Crippen LogP contribution in [0, 0.1) is 0 Å². The second-order valence-electron chi connectivity index (χ2n) is 6.79. The number of hydrogen-bond acceptors (Lipinski definition) is 6. The van der Waals surface area contributed by atoms with E-state index in [4.69, 9.17) is 33.7 Å². The zero-order valence-corrected chi connectivity index (χ0v) is 18.7. The number of anilines is 2. The highest BCUT2D eigenvalue weighted by Crippen LogP contribution is 2.27. The molecular formula is C22H23Cl2N5O3. The second kappa shape index (κ2) is 11.6. The van der Waals surface area contributed by atoms with Gasteiger partial charge in [0.15, 0.2) is 0 Å². The number of nitrogens with two attached hydrogens (primary N) is 1. The van der Waals surface area contributed by atoms with E-state index in [1.807, 2.05) is 0 Å². The van der Waals surface area contributed by atoms with Gasteiger partial charge >= 0.3 is 0 Å². The molecule has 10 heteroatoms. The van der Waals surface area contributed by atoms with Gasteiger partial charge < -0.3 is 21.1 Å². The van der Waals surface area contributed by atoms with Crippen LogP contribution in [-0.4, -0.2) is 41.8 Å². The number of nitrogens with zero attached hydrogens (tertiary/aromatic N) is 2. The molecule has 4 rings (SSSR count). The Kier molecular flexibility index (Phi) is 8.64. The van der Waals surface area contributed by atoms with Gasteiger partial charge in [0.05, 0.1) is 22.3 Å². The van der Waals surface area contributed by atoms with Crippen LogP contribution in [0.5, 0.6) is 0 Å². The van der Waals surface area contributed by atoms with E-state index in [2.05, 4.69) is 15.6 Å². The first-order valence-corrected chi connectivity index (χ1v) is 10.7. The lowest BCUT2D eigenvalue weighted by atomic mass is 10.2. The Morgan fingerprint density at radius 2 is 1.78 bits per heavy atom. The number of amides is 1. The number of nitrogen functional groups attached to an aromatic ring is 1. The first-order valence-electron chi connectivity index (χ1n) is 9.95. The quantitative estimate of drug-likeness (QED) is 0.535. The highest BCUT2D eigenvalue weighted by Gasteiger charge is 2.20. The summed E-state index contributed by atoms with van der Waals surface area (Å²) in [6.45, 7) is 3.98. The minimum Gasteiger partial charge on any atom is -0.383 e. The number of nitrogens with one attached hydrogen (secondary N) is 2. The minimum atomic E-state index is -0.670. The Hall–Kier alpha value is -2.91. The van der Waals surface area contributed by atoms with Crippen LogP contribution in [0.1, 0.15) is 16.8 Å². The molecule has 0 bridgehead atoms. The zero-order chi connectivity index (χ0) is 22.9. The van der Waals surface area contributed by atoms with Crippen molar-refractivity contribution in [3.05, 3.63) is 80.8 Å². The van der Waals surface area contributed by atoms with Crippen molar-refractivity contribution in [3.8, 4) is 5.69 Å². The predicted molar refractivity (Wildman–Crippen MR) is 127 cm³/mol. The van der Waals surface area contributed by atoms with Crippen molar-refractivity contribution >= 4 is 40.6 Å². The molecule has 32 heavy (non-hydrogen) atoms. The first-order chi connectivity index (χ1) is 15.5. The van der Waals surface area contributed by atoms with Crippen molar-refractivity contribution in [2.45, 2.75) is 6.42 Å². The van der Waals surface area contributed by atoms with Crippen LogP contribution in [0.4, 0.5) is 11.5 Å². The summed E-state index contributed by atoms with van der Waals surface area (Å²) >= 11 is 12.3. The summed E-state index contributed by atoms with van der Waals surface area (Å²) in [5.74, 6) is -0.850. The Morgan fingerprint density at radius 1 is 1.06 bits per heavy atom. The maximum Gasteiger partial charge on any atom is 0.273 e. The van der Waals surface area contributed by atoms with Gasteiger partial charge in [0.2, 0.25) is 0 Å². The smallest absolute Gasteiger partial charge is 0.273 e. The van der Waals surface area contributed by atoms with E-state index in [0.717, 1.165) is 30.9 Å². The average molecular weight is 476 g/mol. The SMILES string of the molecule is C1CNCCOC1.Nc1ncn(-c2c(Cl)cccc2Cl)c(=O)c1C(=O)Nc1ccccc1. The van der Waals surface area contributed by atoms with Crippen LogP contribution in [0.15, 0.2) is 59.7 Å². The molecule has 0 aliphatic carbocycles. The molecule has 0 saturated carbocycles. The lowest BCUT2D eigenvalue weighted by Crippen LogP contribution is -2.30. The number of benzene rings is 2. The Bertz CT molecular complexity index is 1080. The summed E-state index contributed by atoms with van der Waals surface area (Å²) in [4.78, 5) is 29.2. The van der Waals surface area contributed by atoms with Gasteiger partial charge in [0, 0.05) is 18.8 Å². The fourth-order valence-electron chi connectivity index (χ4n) is 2.94. The van der Waals surface area contributed by atoms with Crippen molar-refractivity contribution in [3.63, 3.8) is 0 Å². The largest absolute Gasteiger partial charge is 0.383 e. The van der Waals surface area contributed by atoms with Gasteiger partial charge in [-0.05, 0) is 37.2 Å². The van der Waals surface area contributed by atoms with E-state index in [9.17, 15) is 9.59 Å². The summed E-state index contributed by atoms with van der Waals surface area (Å²) in [5.41, 5.74) is 5.55. The topological polar surface area (TPSA) is 111 Å². The molecule has 1 aromatic heterocycles. The van der Waals surface area contributed by atoms with Crippen LogP contribution in [0.2, 0.25) is 10.0 Å². The first kappa shape index (κ1) is 23.7. The van der Waals surface area contributed by atoms with Crippen LogP contribution in [0.3, 0.4) is 0 Å². The van der Waals surface area contributed by atoms with Gasteiger partial charge in [-0.15, -0.1) is 0 Å². The number of carbonyl (C=O) groups excluding carboxylic acids is 1. The summed E-state index contributed by atoms with van der Waals surface area (Å²) in [6, 6.07) is 13.5. The van der Waals surface area contributed by atoms with Crippen LogP contribution >= 0.6 is 23.2 Å². The fraction of sp³-hybridized carbons (Fsp3) is 0.227. The molecule has 1 saturated heterocycles. The highest BCUT2D eigenvalue weighted by molar-refractivity contribution is 6.37. The van der Waals surface area contributed by atoms with E-state index in [1.165, 1.54) is 12.7 Å². The van der Waals surface area contributed by atoms with Gasteiger partial charge in [0.25, 0.3) is 11.5 Å². The number of carbonyl (C=O) groups is 1. The lowest BCUT2D eigenvalue weighted by Gasteiger charge is -2.12. The standard InChI is InChI=1S/C17H12Cl2N4O2.C5H11NO/c18-11-7-4-8-12(19)14(11)23-9-21-15(20)13(17(23)25)16(24)22-10-5-2-1-3-6-10;1-2-6-3-5-7-4-1/h1-9H,20H2,(H,22,24);6H,1-5H2. The fourth-order valence-corrected chi connectivity index (χ4v) is 3.52. The highest BCUT2D eigenvalue weighted by atomic mass is 35.5. The van der Waals surface area contributed by atoms with Crippen LogP contribution in [-0.2, 0) is 4.74 Å². The number of ether oxygens (including phenoxy) is 1. The van der Waals surface area contributed by atoms with Gasteiger partial charge in [-0.25, -0.2) is 4.98 Å². The van der Waals surface area contributed by atoms with Gasteiger partial charge in [-0.2, -0.15) is 0 Å². The number of para-hydroxylation sites is 2. The summed E-state index contributed by atoms with van der Waals surface area (Å²) in [7, 11) is 0. The molecule has 8 nitrogen and oxygen atoms in total. The van der Waals surface area contributed by atoms with Crippen LogP contribution in [0.25, 0.3) is 5.69 Å². The second-order valence-corrected chi connectivity index (χ2v) is 7.60. The molecule has 1 aliphatic heterocycles. The molecule has 2 heterocycles. The Balaban J connectivity index is 0.000000352. The van der Waals surface area contributed by atoms with Gasteiger partial charge in [-0.1, -0.05) is 47.5 Å². The molecule has 3 aromatic rings. The van der Waals surface area contributed by atoms with Crippen molar-refractivity contribution in [2.24, 2.45) is 0 Å². The van der Waals surface area contributed by atoms with E-state index >= 15 is 0 Å². The van der Waals surface area contributed by atoms with E-state index in [1.54, 1.807) is 48.5 Å². The molecule has 4 N–H and O–H groups in total. The lowest BCUT2D eigenvalue weighted by molar-refractivity contribution is 0.102. The summed E-state index contributed by atoms with van der Waals surface area (Å²) < 4.78 is 6.23. The molecule has 1 amide bonds. The summed E-state index contributed by atoms with van der Waals surface area (Å²) in [5, 5.41) is 6.32. The molecule has 0 atom stereocenters. The van der Waals surface area contributed by atoms with E-state index in [0.29, 0.717) is 5.69 Å². The van der Waals surface area contributed by atoms with Gasteiger partial charge in [0.1, 0.15) is 17.7 Å². The number of hydrogen-bond donors (Lipinski definition) is 3. The van der Waals surface area contributed by atoms with Crippen molar-refractivity contribution < 1.29 is 9.53 Å². The normalized spacial score (nSPS) is 13.4. The summed E-state index contributed by atoms with van der Waals surface area (Å²) in [6.07, 6.45) is 2.35. The molecular weight excluding hydrogens is 453 g/mol. The maximum absolute atomic E-state index is 12.8. The third kappa shape index (κ3) is 6.08. The van der Waals surface area contributed by atoms with Crippen molar-refractivity contribution in [1.82, 2.24) is 14.9 Å². The van der Waals surface area contributed by atoms with Crippen LogP contribution < -0.4 is 21.9 Å². The van der Waals surface area contributed by atoms with Crippen molar-refractivity contribution in [1.29, 1.82) is 0 Å². The molecule has 0 unspecified atom stereocenters. The maximum atomic E-state index is 12.8. The minimum absolute atomic E-state index is 0.183. The molecule has 168 valence electrons. The molecule has 0 spiro atoms. The molecule has 1 fully saturated rings. The molecule has 0 radical (unpaired) electrons.